The van der Waals surface area contributed by atoms with E-state index in [2.05, 4.69) is 45.7 Å². The Morgan fingerprint density at radius 3 is 2.21 bits per heavy atom. The molecule has 1 fully saturated rings. The van der Waals surface area contributed by atoms with E-state index >= 15 is 0 Å². The SMILES string of the molecule is O=C(NC1CCN(CCc2c[nH]c3ccccc23)CC1)c1ccccc1.O=C(O)C=CC(=O)O. The van der Waals surface area contributed by atoms with Gasteiger partial charge in [0.15, 0.2) is 0 Å². The molecule has 1 saturated heterocycles. The van der Waals surface area contributed by atoms with Crippen LogP contribution in [0.1, 0.15) is 28.8 Å². The summed E-state index contributed by atoms with van der Waals surface area (Å²) < 4.78 is 0. The normalized spacial score (nSPS) is 14.5. The number of piperidine rings is 1. The third kappa shape index (κ3) is 7.60. The molecule has 1 amide bonds. The number of para-hydroxylation sites is 1. The maximum atomic E-state index is 12.3. The third-order valence-electron chi connectivity index (χ3n) is 5.70. The minimum Gasteiger partial charge on any atom is -0.478 e. The maximum absolute atomic E-state index is 12.3. The molecule has 0 bridgehead atoms. The molecule has 3 aromatic rings. The highest BCUT2D eigenvalue weighted by molar-refractivity contribution is 5.94. The van der Waals surface area contributed by atoms with Crippen molar-refractivity contribution in [1.29, 1.82) is 0 Å². The first kappa shape index (κ1) is 24.7. The predicted molar refractivity (Wildman–Crippen MR) is 130 cm³/mol. The zero-order valence-electron chi connectivity index (χ0n) is 18.8. The van der Waals surface area contributed by atoms with Crippen LogP contribution in [0.25, 0.3) is 10.9 Å². The van der Waals surface area contributed by atoms with E-state index in [1.165, 1.54) is 16.5 Å². The van der Waals surface area contributed by atoms with Gasteiger partial charge in [-0.15, -0.1) is 0 Å². The Morgan fingerprint density at radius 2 is 1.56 bits per heavy atom. The number of carboxylic acids is 2. The second-order valence-electron chi connectivity index (χ2n) is 8.07. The van der Waals surface area contributed by atoms with Crippen molar-refractivity contribution >= 4 is 28.7 Å². The first-order valence-corrected chi connectivity index (χ1v) is 11.2. The summed E-state index contributed by atoms with van der Waals surface area (Å²) in [5.74, 6) is -2.47. The number of H-pyrrole nitrogens is 1. The summed E-state index contributed by atoms with van der Waals surface area (Å²) in [6.45, 7) is 3.16. The number of likely N-dealkylation sites (tertiary alicyclic amines) is 1. The molecule has 0 radical (unpaired) electrons. The molecule has 1 aliphatic rings. The number of carbonyl (C=O) groups is 3. The average Bonchev–Trinajstić information content (AvgIpc) is 3.26. The van der Waals surface area contributed by atoms with Crippen LogP contribution < -0.4 is 5.32 Å². The number of hydrogen-bond acceptors (Lipinski definition) is 4. The molecule has 2 heterocycles. The lowest BCUT2D eigenvalue weighted by molar-refractivity contribution is -0.134. The molecule has 8 nitrogen and oxygen atoms in total. The summed E-state index contributed by atoms with van der Waals surface area (Å²) in [5, 5.41) is 20.1. The smallest absolute Gasteiger partial charge is 0.328 e. The Hall–Kier alpha value is -3.91. The molecule has 0 spiro atoms. The number of nitrogens with one attached hydrogen (secondary N) is 2. The summed E-state index contributed by atoms with van der Waals surface area (Å²) in [6.07, 6.45) is 6.35. The molecular formula is C26H29N3O5. The van der Waals surface area contributed by atoms with Gasteiger partial charge in [0, 0.05) is 60.5 Å². The van der Waals surface area contributed by atoms with Crippen molar-refractivity contribution in [3.63, 3.8) is 0 Å². The van der Waals surface area contributed by atoms with Crippen LogP contribution in [-0.4, -0.2) is 63.6 Å². The second kappa shape index (κ2) is 12.4. The van der Waals surface area contributed by atoms with Crippen molar-refractivity contribution < 1.29 is 24.6 Å². The van der Waals surface area contributed by atoms with Gasteiger partial charge in [-0.3, -0.25) is 4.79 Å². The summed E-state index contributed by atoms with van der Waals surface area (Å²) >= 11 is 0. The van der Waals surface area contributed by atoms with E-state index in [4.69, 9.17) is 10.2 Å². The number of carboxylic acid groups (broad SMARTS) is 2. The highest BCUT2D eigenvalue weighted by atomic mass is 16.4. The van der Waals surface area contributed by atoms with Crippen LogP contribution in [0.2, 0.25) is 0 Å². The van der Waals surface area contributed by atoms with Crippen LogP contribution in [-0.2, 0) is 16.0 Å². The minimum atomic E-state index is -1.26. The van der Waals surface area contributed by atoms with Crippen molar-refractivity contribution in [3.05, 3.63) is 84.1 Å². The molecule has 34 heavy (non-hydrogen) atoms. The number of nitrogens with zero attached hydrogens (tertiary/aromatic N) is 1. The highest BCUT2D eigenvalue weighted by Crippen LogP contribution is 2.19. The lowest BCUT2D eigenvalue weighted by Gasteiger charge is -2.32. The number of aliphatic carboxylic acids is 2. The lowest BCUT2D eigenvalue weighted by Crippen LogP contribution is -2.45. The first-order chi connectivity index (χ1) is 16.4. The number of rotatable bonds is 7. The van der Waals surface area contributed by atoms with Gasteiger partial charge in [-0.1, -0.05) is 36.4 Å². The number of hydrogen-bond donors (Lipinski definition) is 4. The zero-order valence-corrected chi connectivity index (χ0v) is 18.8. The van der Waals surface area contributed by atoms with Gasteiger partial charge in [0.25, 0.3) is 5.91 Å². The van der Waals surface area contributed by atoms with E-state index in [-0.39, 0.29) is 11.9 Å². The van der Waals surface area contributed by atoms with E-state index in [0.717, 1.165) is 44.5 Å². The van der Waals surface area contributed by atoms with Gasteiger partial charge in [-0.25, -0.2) is 9.59 Å². The molecule has 1 aliphatic heterocycles. The van der Waals surface area contributed by atoms with E-state index in [1.54, 1.807) is 0 Å². The summed E-state index contributed by atoms with van der Waals surface area (Å²) in [5.41, 5.74) is 3.35. The van der Waals surface area contributed by atoms with Crippen LogP contribution in [0.5, 0.6) is 0 Å². The van der Waals surface area contributed by atoms with Crippen LogP contribution in [0, 0.1) is 0 Å². The van der Waals surface area contributed by atoms with E-state index in [9.17, 15) is 14.4 Å². The minimum absolute atomic E-state index is 0.0443. The van der Waals surface area contributed by atoms with Crippen LogP contribution in [0.4, 0.5) is 0 Å². The topological polar surface area (TPSA) is 123 Å². The standard InChI is InChI=1S/C22H25N3O.C4H4O4/c26-22(17-6-2-1-3-7-17)24-19-11-14-25(15-12-19)13-10-18-16-23-21-9-5-4-8-20(18)21;5-3(6)1-2-4(7)8/h1-9,16,19,23H,10-15H2,(H,24,26);1-2H,(H,5,6)(H,7,8). The molecule has 1 aromatic heterocycles. The molecule has 178 valence electrons. The Balaban J connectivity index is 0.000000350. The number of benzene rings is 2. The molecule has 0 saturated carbocycles. The van der Waals surface area contributed by atoms with Gasteiger partial charge < -0.3 is 25.4 Å². The fourth-order valence-electron chi connectivity index (χ4n) is 3.92. The fraction of sp³-hybridized carbons (Fsp3) is 0.269. The number of amides is 1. The van der Waals surface area contributed by atoms with Gasteiger partial charge >= 0.3 is 11.9 Å². The maximum Gasteiger partial charge on any atom is 0.328 e. The molecule has 8 heteroatoms. The summed E-state index contributed by atoms with van der Waals surface area (Å²) in [4.78, 5) is 37.2. The third-order valence-corrected chi connectivity index (χ3v) is 5.70. The second-order valence-corrected chi connectivity index (χ2v) is 8.07. The van der Waals surface area contributed by atoms with Crippen LogP contribution in [0.15, 0.2) is 72.9 Å². The van der Waals surface area contributed by atoms with Crippen molar-refractivity contribution in [1.82, 2.24) is 15.2 Å². The molecule has 0 unspecified atom stereocenters. The Morgan fingerprint density at radius 1 is 0.941 bits per heavy atom. The average molecular weight is 464 g/mol. The quantitative estimate of drug-likeness (QED) is 0.399. The van der Waals surface area contributed by atoms with Gasteiger partial charge in [0.05, 0.1) is 0 Å². The fourth-order valence-corrected chi connectivity index (χ4v) is 3.92. The Bertz CT molecular complexity index is 1120. The summed E-state index contributed by atoms with van der Waals surface area (Å²) in [6, 6.07) is 18.2. The molecule has 2 aromatic carbocycles. The van der Waals surface area contributed by atoms with Gasteiger partial charge in [0.1, 0.15) is 0 Å². The van der Waals surface area contributed by atoms with E-state index < -0.39 is 11.9 Å². The van der Waals surface area contributed by atoms with Gasteiger partial charge in [0.2, 0.25) is 0 Å². The van der Waals surface area contributed by atoms with Crippen molar-refractivity contribution in [3.8, 4) is 0 Å². The zero-order chi connectivity index (χ0) is 24.3. The molecule has 4 N–H and O–H groups in total. The predicted octanol–water partition coefficient (Wildman–Crippen LogP) is 3.32. The highest BCUT2D eigenvalue weighted by Gasteiger charge is 2.21. The van der Waals surface area contributed by atoms with Crippen molar-refractivity contribution in [2.45, 2.75) is 25.3 Å². The van der Waals surface area contributed by atoms with Crippen molar-refractivity contribution in [2.24, 2.45) is 0 Å². The van der Waals surface area contributed by atoms with E-state index in [1.807, 2.05) is 30.3 Å². The van der Waals surface area contributed by atoms with E-state index in [0.29, 0.717) is 12.2 Å². The van der Waals surface area contributed by atoms with Crippen LogP contribution in [0.3, 0.4) is 0 Å². The molecule has 4 rings (SSSR count). The summed E-state index contributed by atoms with van der Waals surface area (Å²) in [7, 11) is 0. The number of carbonyl (C=O) groups excluding carboxylic acids is 1. The monoisotopic (exact) mass is 463 g/mol. The Kier molecular flexibility index (Phi) is 8.99. The largest absolute Gasteiger partial charge is 0.478 e. The molecule has 0 atom stereocenters. The van der Waals surface area contributed by atoms with Crippen LogP contribution >= 0.6 is 0 Å². The molecular weight excluding hydrogens is 434 g/mol. The lowest BCUT2D eigenvalue weighted by atomic mass is 10.0. The van der Waals surface area contributed by atoms with Gasteiger partial charge in [-0.2, -0.15) is 0 Å². The first-order valence-electron chi connectivity index (χ1n) is 11.2. The Labute approximate surface area is 197 Å². The molecule has 0 aliphatic carbocycles. The number of aromatic nitrogens is 1. The van der Waals surface area contributed by atoms with Gasteiger partial charge in [-0.05, 0) is 43.0 Å². The number of fused-ring (bicyclic) bond motifs is 1. The van der Waals surface area contributed by atoms with Crippen molar-refractivity contribution in [2.75, 3.05) is 19.6 Å². The number of aromatic amines is 1.